The van der Waals surface area contributed by atoms with Crippen molar-refractivity contribution >= 4 is 11.8 Å². The smallest absolute Gasteiger partial charge is 0.378 e. The number of nitrogens with one attached hydrogen (secondary N) is 2. The van der Waals surface area contributed by atoms with E-state index >= 15 is 0 Å². The van der Waals surface area contributed by atoms with Crippen LogP contribution in [0.3, 0.4) is 0 Å². The van der Waals surface area contributed by atoms with Crippen molar-refractivity contribution in [2.75, 3.05) is 7.05 Å². The summed E-state index contributed by atoms with van der Waals surface area (Å²) < 4.78 is 52.0. The van der Waals surface area contributed by atoms with E-state index in [1.165, 1.54) is 43.4 Å². The van der Waals surface area contributed by atoms with Crippen LogP contribution in [0.2, 0.25) is 0 Å². The van der Waals surface area contributed by atoms with Gasteiger partial charge in [0.1, 0.15) is 17.3 Å². The van der Waals surface area contributed by atoms with Gasteiger partial charge < -0.3 is 24.8 Å². The lowest BCUT2D eigenvalue weighted by molar-refractivity contribution is -0.137. The summed E-state index contributed by atoms with van der Waals surface area (Å²) >= 11 is 0. The van der Waals surface area contributed by atoms with E-state index in [-0.39, 0.29) is 17.0 Å². The summed E-state index contributed by atoms with van der Waals surface area (Å²) in [5, 5.41) is 22.9. The molecule has 13 heteroatoms. The zero-order valence-corrected chi connectivity index (χ0v) is 21.9. The van der Waals surface area contributed by atoms with Crippen LogP contribution in [0.1, 0.15) is 38.0 Å². The zero-order valence-electron chi connectivity index (χ0n) is 21.9. The molecule has 0 saturated carbocycles. The third kappa shape index (κ3) is 5.88. The number of rotatable bonds is 7. The molecule has 0 aliphatic heterocycles. The van der Waals surface area contributed by atoms with Gasteiger partial charge in [-0.05, 0) is 11.0 Å². The van der Waals surface area contributed by atoms with E-state index in [1.54, 1.807) is 39.0 Å². The number of alkyl halides is 3. The minimum absolute atomic E-state index is 0.0568. The van der Waals surface area contributed by atoms with Gasteiger partial charge in [-0.25, -0.2) is 0 Å². The fraction of sp³-hybridized carbons (Fsp3) is 0.296. The number of carbonyl (C=O) groups is 2. The van der Waals surface area contributed by atoms with Crippen LogP contribution in [0.15, 0.2) is 63.6 Å². The van der Waals surface area contributed by atoms with Gasteiger partial charge in [0.25, 0.3) is 11.8 Å². The molecule has 3 N–H and O–H groups in total. The number of benzene rings is 2. The van der Waals surface area contributed by atoms with Gasteiger partial charge in [0.15, 0.2) is 6.10 Å². The molecule has 2 heterocycles. The SMILES string of the molecule is CNC(=O)[C@@H](NC(=O)C(O)c1ccc(-c2noc(-c3onc(-c4ccccc4)c3C(F)(F)F)n2)cc1)C(C)(C)C. The van der Waals surface area contributed by atoms with Crippen LogP contribution in [0, 0.1) is 5.41 Å². The number of likely N-dealkylation sites (N-methyl/N-ethyl adjacent to an activating group) is 1. The Morgan fingerprint density at radius 3 is 2.12 bits per heavy atom. The van der Waals surface area contributed by atoms with Crippen molar-refractivity contribution < 1.29 is 36.9 Å². The molecule has 0 aliphatic rings. The summed E-state index contributed by atoms with van der Waals surface area (Å²) in [4.78, 5) is 28.9. The van der Waals surface area contributed by atoms with E-state index in [2.05, 4.69) is 25.9 Å². The number of hydrogen-bond acceptors (Lipinski definition) is 8. The van der Waals surface area contributed by atoms with Gasteiger partial charge in [0.05, 0.1) is 0 Å². The number of aromatic nitrogens is 3. The normalized spacial score (nSPS) is 13.5. The molecule has 210 valence electrons. The Morgan fingerprint density at radius 1 is 0.900 bits per heavy atom. The van der Waals surface area contributed by atoms with Crippen LogP contribution in [0.25, 0.3) is 34.3 Å². The van der Waals surface area contributed by atoms with E-state index in [0.29, 0.717) is 5.56 Å². The lowest BCUT2D eigenvalue weighted by atomic mass is 9.86. The van der Waals surface area contributed by atoms with Gasteiger partial charge in [0, 0.05) is 18.2 Å². The second kappa shape index (κ2) is 10.9. The van der Waals surface area contributed by atoms with Gasteiger partial charge >= 0.3 is 6.18 Å². The lowest BCUT2D eigenvalue weighted by Crippen LogP contribution is -2.53. The van der Waals surface area contributed by atoms with Crippen molar-refractivity contribution in [2.45, 2.75) is 39.1 Å². The van der Waals surface area contributed by atoms with E-state index in [0.717, 1.165) is 0 Å². The fourth-order valence-corrected chi connectivity index (χ4v) is 3.93. The third-order valence-corrected chi connectivity index (χ3v) is 6.04. The number of carbonyl (C=O) groups excluding carboxylic acids is 2. The van der Waals surface area contributed by atoms with Crippen molar-refractivity contribution in [2.24, 2.45) is 5.41 Å². The largest absolute Gasteiger partial charge is 0.422 e. The molecule has 4 rings (SSSR count). The molecule has 0 saturated heterocycles. The van der Waals surface area contributed by atoms with Crippen LogP contribution < -0.4 is 10.6 Å². The van der Waals surface area contributed by atoms with Crippen molar-refractivity contribution in [1.82, 2.24) is 25.9 Å². The first kappa shape index (κ1) is 28.5. The second-order valence-electron chi connectivity index (χ2n) is 9.97. The van der Waals surface area contributed by atoms with Crippen molar-refractivity contribution in [3.8, 4) is 34.3 Å². The highest BCUT2D eigenvalue weighted by atomic mass is 19.4. The maximum absolute atomic E-state index is 14.0. The molecule has 0 fully saturated rings. The number of hydrogen-bond donors (Lipinski definition) is 3. The average Bonchev–Trinajstić information content (AvgIpc) is 3.58. The average molecular weight is 558 g/mol. The summed E-state index contributed by atoms with van der Waals surface area (Å²) in [5.74, 6) is -2.50. The summed E-state index contributed by atoms with van der Waals surface area (Å²) in [6.45, 7) is 5.31. The maximum atomic E-state index is 14.0. The molecule has 0 aliphatic carbocycles. The molecular formula is C27H26F3N5O5. The first-order chi connectivity index (χ1) is 18.8. The Hall–Kier alpha value is -4.52. The topological polar surface area (TPSA) is 143 Å². The number of aliphatic hydroxyl groups excluding tert-OH is 1. The fourth-order valence-electron chi connectivity index (χ4n) is 3.93. The summed E-state index contributed by atoms with van der Waals surface area (Å²) in [6.07, 6.45) is -6.42. The van der Waals surface area contributed by atoms with Crippen LogP contribution in [-0.4, -0.2) is 45.3 Å². The Bertz CT molecular complexity index is 1490. The minimum Gasteiger partial charge on any atom is -0.378 e. The van der Waals surface area contributed by atoms with Crippen molar-refractivity contribution in [3.05, 3.63) is 65.7 Å². The molecule has 2 atom stereocenters. The van der Waals surface area contributed by atoms with Gasteiger partial charge in [0.2, 0.25) is 17.5 Å². The molecule has 40 heavy (non-hydrogen) atoms. The number of halogens is 3. The van der Waals surface area contributed by atoms with E-state index in [4.69, 9.17) is 9.05 Å². The number of nitrogens with zero attached hydrogens (tertiary/aromatic N) is 3. The van der Waals surface area contributed by atoms with Crippen LogP contribution >= 0.6 is 0 Å². The quantitative estimate of drug-likeness (QED) is 0.304. The minimum atomic E-state index is -4.82. The molecule has 0 bridgehead atoms. The second-order valence-corrected chi connectivity index (χ2v) is 9.97. The molecular weight excluding hydrogens is 531 g/mol. The highest BCUT2D eigenvalue weighted by molar-refractivity contribution is 5.90. The first-order valence-corrected chi connectivity index (χ1v) is 12.1. The van der Waals surface area contributed by atoms with Gasteiger partial charge in [-0.1, -0.05) is 85.7 Å². The Labute approximate surface area is 226 Å². The monoisotopic (exact) mass is 557 g/mol. The molecule has 10 nitrogen and oxygen atoms in total. The van der Waals surface area contributed by atoms with Crippen LogP contribution in [-0.2, 0) is 15.8 Å². The van der Waals surface area contributed by atoms with E-state index in [1.807, 2.05) is 0 Å². The summed E-state index contributed by atoms with van der Waals surface area (Å²) in [7, 11) is 1.44. The summed E-state index contributed by atoms with van der Waals surface area (Å²) in [6, 6.07) is 12.6. The first-order valence-electron chi connectivity index (χ1n) is 12.1. The number of amides is 2. The highest BCUT2D eigenvalue weighted by Gasteiger charge is 2.43. The number of aliphatic hydroxyl groups is 1. The summed E-state index contributed by atoms with van der Waals surface area (Å²) in [5.41, 5.74) is -1.44. The van der Waals surface area contributed by atoms with Gasteiger partial charge in [-0.2, -0.15) is 18.2 Å². The Kier molecular flexibility index (Phi) is 7.78. The predicted molar refractivity (Wildman–Crippen MR) is 136 cm³/mol. The predicted octanol–water partition coefficient (Wildman–Crippen LogP) is 4.39. The highest BCUT2D eigenvalue weighted by Crippen LogP contribution is 2.43. The molecule has 4 aromatic rings. The third-order valence-electron chi connectivity index (χ3n) is 6.04. The van der Waals surface area contributed by atoms with E-state index < -0.39 is 58.5 Å². The Morgan fingerprint density at radius 2 is 1.55 bits per heavy atom. The maximum Gasteiger partial charge on any atom is 0.422 e. The molecule has 1 unspecified atom stereocenters. The zero-order chi connectivity index (χ0) is 29.2. The van der Waals surface area contributed by atoms with E-state index in [9.17, 15) is 27.9 Å². The molecule has 2 amide bonds. The van der Waals surface area contributed by atoms with Crippen LogP contribution in [0.4, 0.5) is 13.2 Å². The molecule has 2 aromatic heterocycles. The molecule has 0 radical (unpaired) electrons. The van der Waals surface area contributed by atoms with Crippen LogP contribution in [0.5, 0.6) is 0 Å². The van der Waals surface area contributed by atoms with Crippen molar-refractivity contribution in [1.29, 1.82) is 0 Å². The Balaban J connectivity index is 1.56. The standard InChI is InChI=1S/C27H26F3N5O5/c1-26(2,3)21(24(38)31-4)32-23(37)19(36)15-10-12-16(13-11-15)22-33-25(40-35-22)20-17(27(28,29)30)18(34-39-20)14-8-6-5-7-9-14/h5-13,19,21,36H,1-4H3,(H,31,38)(H,32,37)/t19?,21-/m1/s1. The van der Waals surface area contributed by atoms with Crippen molar-refractivity contribution in [3.63, 3.8) is 0 Å². The van der Waals surface area contributed by atoms with Gasteiger partial charge in [-0.15, -0.1) is 0 Å². The lowest BCUT2D eigenvalue weighted by Gasteiger charge is -2.30. The van der Waals surface area contributed by atoms with Gasteiger partial charge in [-0.3, -0.25) is 9.59 Å². The molecule has 2 aromatic carbocycles. The molecule has 0 spiro atoms.